The van der Waals surface area contributed by atoms with Gasteiger partial charge in [-0.25, -0.2) is 4.79 Å². The van der Waals surface area contributed by atoms with Gasteiger partial charge in [0.15, 0.2) is 0 Å². The SMILES string of the molecule is C=CC(=O)OCCN(C)C.CCP(=O)(O)O. The van der Waals surface area contributed by atoms with Crippen molar-refractivity contribution < 1.29 is 23.9 Å². The first kappa shape index (κ1) is 17.7. The summed E-state index contributed by atoms with van der Waals surface area (Å²) in [4.78, 5) is 28.3. The highest BCUT2D eigenvalue weighted by Crippen LogP contribution is 2.32. The van der Waals surface area contributed by atoms with Gasteiger partial charge in [0.25, 0.3) is 0 Å². The van der Waals surface area contributed by atoms with Gasteiger partial charge in [0.1, 0.15) is 6.61 Å². The molecule has 6 nitrogen and oxygen atoms in total. The second kappa shape index (κ2) is 9.54. The molecule has 0 bridgehead atoms. The Morgan fingerprint density at radius 1 is 1.50 bits per heavy atom. The van der Waals surface area contributed by atoms with Gasteiger partial charge in [-0.1, -0.05) is 13.5 Å². The molecule has 0 rings (SSSR count). The Morgan fingerprint density at radius 3 is 2.19 bits per heavy atom. The predicted octanol–water partition coefficient (Wildman–Crippen LogP) is 0.461. The second-order valence-electron chi connectivity index (χ2n) is 3.16. The van der Waals surface area contributed by atoms with E-state index in [-0.39, 0.29) is 12.1 Å². The summed E-state index contributed by atoms with van der Waals surface area (Å²) in [7, 11) is 0.190. The van der Waals surface area contributed by atoms with Crippen LogP contribution in [0.3, 0.4) is 0 Å². The van der Waals surface area contributed by atoms with E-state index in [0.29, 0.717) is 6.61 Å². The third-order valence-corrected chi connectivity index (χ3v) is 2.19. The number of carbonyl (C=O) groups excluding carboxylic acids is 1. The highest BCUT2D eigenvalue weighted by atomic mass is 31.2. The topological polar surface area (TPSA) is 87.1 Å². The van der Waals surface area contributed by atoms with Crippen molar-refractivity contribution >= 4 is 13.6 Å². The van der Waals surface area contributed by atoms with E-state index >= 15 is 0 Å². The average molecular weight is 253 g/mol. The molecule has 2 N–H and O–H groups in total. The van der Waals surface area contributed by atoms with E-state index in [0.717, 1.165) is 12.6 Å². The van der Waals surface area contributed by atoms with E-state index in [2.05, 4.69) is 6.58 Å². The first-order valence-electron chi connectivity index (χ1n) is 4.71. The highest BCUT2D eigenvalue weighted by Gasteiger charge is 2.05. The fourth-order valence-corrected chi connectivity index (χ4v) is 0.388. The van der Waals surface area contributed by atoms with Crippen molar-refractivity contribution in [3.8, 4) is 0 Å². The summed E-state index contributed by atoms with van der Waals surface area (Å²) in [6, 6.07) is 0. The van der Waals surface area contributed by atoms with Crippen LogP contribution in [0.1, 0.15) is 6.92 Å². The molecule has 16 heavy (non-hydrogen) atoms. The van der Waals surface area contributed by atoms with Crippen LogP contribution < -0.4 is 0 Å². The summed E-state index contributed by atoms with van der Waals surface area (Å²) in [6.45, 7) is 5.89. The molecule has 0 aromatic rings. The van der Waals surface area contributed by atoms with Crippen LogP contribution in [0.25, 0.3) is 0 Å². The number of rotatable bonds is 5. The Bertz CT molecular complexity index is 248. The smallest absolute Gasteiger partial charge is 0.330 e. The number of hydrogen-bond acceptors (Lipinski definition) is 4. The molecule has 0 fully saturated rings. The Morgan fingerprint density at radius 2 is 1.94 bits per heavy atom. The molecule has 0 saturated heterocycles. The van der Waals surface area contributed by atoms with Crippen LogP contribution in [-0.2, 0) is 14.1 Å². The lowest BCUT2D eigenvalue weighted by Gasteiger charge is -2.07. The van der Waals surface area contributed by atoms with Crippen LogP contribution in [0.15, 0.2) is 12.7 Å². The third-order valence-electron chi connectivity index (χ3n) is 1.36. The standard InChI is InChI=1S/C7H13NO2.C2H7O3P/c1-4-7(9)10-6-5-8(2)3;1-2-6(3,4)5/h4H,1,5-6H2,2-3H3;2H2,1H3,(H2,3,4,5). The van der Waals surface area contributed by atoms with Gasteiger partial charge in [0.05, 0.1) is 0 Å². The number of carbonyl (C=O) groups is 1. The lowest BCUT2D eigenvalue weighted by atomic mass is 10.6. The van der Waals surface area contributed by atoms with Gasteiger partial charge in [-0.15, -0.1) is 0 Å². The van der Waals surface area contributed by atoms with Crippen LogP contribution in [0, 0.1) is 0 Å². The minimum atomic E-state index is -3.65. The molecule has 0 aromatic carbocycles. The molecular formula is C9H20NO5P. The zero-order chi connectivity index (χ0) is 13.2. The van der Waals surface area contributed by atoms with Crippen molar-refractivity contribution in [2.75, 3.05) is 33.4 Å². The molecule has 0 aliphatic rings. The first-order valence-corrected chi connectivity index (χ1v) is 6.51. The number of ether oxygens (including phenoxy) is 1. The van der Waals surface area contributed by atoms with Gasteiger partial charge in [-0.2, -0.15) is 0 Å². The molecule has 0 radical (unpaired) electrons. The van der Waals surface area contributed by atoms with Crippen LogP contribution in [0.2, 0.25) is 0 Å². The second-order valence-corrected chi connectivity index (χ2v) is 5.12. The molecule has 0 unspecified atom stereocenters. The maximum atomic E-state index is 10.4. The number of likely N-dealkylation sites (N-methyl/N-ethyl adjacent to an activating group) is 1. The fraction of sp³-hybridized carbons (Fsp3) is 0.667. The van der Waals surface area contributed by atoms with Gasteiger partial charge < -0.3 is 19.4 Å². The summed E-state index contributed by atoms with van der Waals surface area (Å²) < 4.78 is 14.4. The minimum absolute atomic E-state index is 0.0625. The van der Waals surface area contributed by atoms with Gasteiger partial charge in [0, 0.05) is 18.8 Å². The number of hydrogen-bond donors (Lipinski definition) is 2. The van der Waals surface area contributed by atoms with E-state index < -0.39 is 7.60 Å². The van der Waals surface area contributed by atoms with Crippen LogP contribution in [0.5, 0.6) is 0 Å². The zero-order valence-corrected chi connectivity index (χ0v) is 10.8. The molecule has 96 valence electrons. The number of esters is 1. The van der Waals surface area contributed by atoms with Gasteiger partial charge >= 0.3 is 13.6 Å². The average Bonchev–Trinajstić information content (AvgIpc) is 2.17. The fourth-order valence-electron chi connectivity index (χ4n) is 0.388. The Kier molecular flexibility index (Phi) is 10.6. The summed E-state index contributed by atoms with van der Waals surface area (Å²) in [6.07, 6.45) is 1.10. The van der Waals surface area contributed by atoms with Crippen molar-refractivity contribution in [1.82, 2.24) is 4.90 Å². The molecule has 0 heterocycles. The predicted molar refractivity (Wildman–Crippen MR) is 62.3 cm³/mol. The normalized spacial score (nSPS) is 10.4. The van der Waals surface area contributed by atoms with Crippen molar-refractivity contribution in [2.24, 2.45) is 0 Å². The van der Waals surface area contributed by atoms with Crippen molar-refractivity contribution in [2.45, 2.75) is 6.92 Å². The monoisotopic (exact) mass is 253 g/mol. The maximum Gasteiger partial charge on any atom is 0.330 e. The molecule has 0 amide bonds. The van der Waals surface area contributed by atoms with E-state index in [1.165, 1.54) is 6.92 Å². The van der Waals surface area contributed by atoms with Crippen molar-refractivity contribution in [1.29, 1.82) is 0 Å². The first-order chi connectivity index (χ1) is 7.22. The molecular weight excluding hydrogens is 233 g/mol. The highest BCUT2D eigenvalue weighted by molar-refractivity contribution is 7.51. The van der Waals surface area contributed by atoms with Gasteiger partial charge in [-0.3, -0.25) is 4.57 Å². The molecule has 0 aliphatic carbocycles. The van der Waals surface area contributed by atoms with Gasteiger partial charge in [-0.05, 0) is 14.1 Å². The molecule has 0 aliphatic heterocycles. The summed E-state index contributed by atoms with van der Waals surface area (Å²) in [5.74, 6) is -0.359. The van der Waals surface area contributed by atoms with Gasteiger partial charge in [0.2, 0.25) is 0 Å². The van der Waals surface area contributed by atoms with Crippen LogP contribution >= 0.6 is 7.60 Å². The molecule has 0 atom stereocenters. The Hall–Kier alpha value is -0.680. The Balaban J connectivity index is 0. The minimum Gasteiger partial charge on any atom is -0.461 e. The summed E-state index contributed by atoms with van der Waals surface area (Å²) >= 11 is 0. The van der Waals surface area contributed by atoms with E-state index in [9.17, 15) is 9.36 Å². The molecule has 0 spiro atoms. The lowest BCUT2D eigenvalue weighted by molar-refractivity contribution is -0.137. The van der Waals surface area contributed by atoms with Crippen molar-refractivity contribution in [3.63, 3.8) is 0 Å². The quantitative estimate of drug-likeness (QED) is 0.420. The maximum absolute atomic E-state index is 10.4. The summed E-state index contributed by atoms with van der Waals surface area (Å²) in [5, 5.41) is 0. The number of nitrogens with zero attached hydrogens (tertiary/aromatic N) is 1. The largest absolute Gasteiger partial charge is 0.461 e. The van der Waals surface area contributed by atoms with Crippen LogP contribution in [0.4, 0.5) is 0 Å². The molecule has 0 saturated carbocycles. The van der Waals surface area contributed by atoms with E-state index in [1.54, 1.807) is 0 Å². The lowest BCUT2D eigenvalue weighted by Crippen LogP contribution is -2.19. The van der Waals surface area contributed by atoms with Crippen molar-refractivity contribution in [3.05, 3.63) is 12.7 Å². The molecule has 7 heteroatoms. The van der Waals surface area contributed by atoms with E-state index in [1.807, 2.05) is 19.0 Å². The van der Waals surface area contributed by atoms with E-state index in [4.69, 9.17) is 14.5 Å². The molecule has 0 aromatic heterocycles. The third kappa shape index (κ3) is 19.0. The van der Waals surface area contributed by atoms with Crippen LogP contribution in [-0.4, -0.2) is 54.1 Å². The Labute approximate surface area is 96.1 Å². The summed E-state index contributed by atoms with van der Waals surface area (Å²) in [5.41, 5.74) is 0. The zero-order valence-electron chi connectivity index (χ0n) is 9.92.